The molecule has 0 radical (unpaired) electrons. The van der Waals surface area contributed by atoms with E-state index in [1.165, 1.54) is 20.9 Å². The Morgan fingerprint density at radius 2 is 2.19 bits per heavy atom. The molecule has 166 valence electrons. The zero-order valence-electron chi connectivity index (χ0n) is 17.9. The molecule has 2 atom stereocenters. The van der Waals surface area contributed by atoms with Crippen LogP contribution in [0.5, 0.6) is 5.75 Å². The molecule has 1 amide bonds. The van der Waals surface area contributed by atoms with Crippen LogP contribution in [-0.4, -0.2) is 23.5 Å². The number of benzene rings is 1. The van der Waals surface area contributed by atoms with Crippen LogP contribution in [0.2, 0.25) is 0 Å². The van der Waals surface area contributed by atoms with Crippen LogP contribution in [-0.2, 0) is 17.6 Å². The number of amides is 1. The molecule has 0 saturated heterocycles. The number of H-pyrrole nitrogens is 1. The summed E-state index contributed by atoms with van der Waals surface area (Å²) in [6.45, 7) is 3.92. The van der Waals surface area contributed by atoms with E-state index in [4.69, 9.17) is 9.26 Å². The van der Waals surface area contributed by atoms with Gasteiger partial charge in [-0.2, -0.15) is 5.26 Å². The second-order valence-corrected chi connectivity index (χ2v) is 10.2. The number of carbonyl (C=O) groups is 1. The van der Waals surface area contributed by atoms with E-state index >= 15 is 0 Å². The van der Waals surface area contributed by atoms with Gasteiger partial charge in [-0.05, 0) is 71.5 Å². The molecule has 8 nitrogen and oxygen atoms in total. The Labute approximate surface area is 193 Å². The maximum atomic E-state index is 12.9. The molecule has 1 aromatic carbocycles. The molecule has 32 heavy (non-hydrogen) atoms. The first-order chi connectivity index (χ1) is 15.4. The van der Waals surface area contributed by atoms with Gasteiger partial charge in [0, 0.05) is 17.0 Å². The van der Waals surface area contributed by atoms with Crippen LogP contribution in [0.1, 0.15) is 36.3 Å². The van der Waals surface area contributed by atoms with E-state index in [-0.39, 0.29) is 10.9 Å². The molecule has 1 aliphatic rings. The molecule has 2 unspecified atom stereocenters. The average Bonchev–Trinajstić information content (AvgIpc) is 3.32. The smallest absolute Gasteiger partial charge is 0.442 e. The Morgan fingerprint density at radius 3 is 2.88 bits per heavy atom. The van der Waals surface area contributed by atoms with Crippen molar-refractivity contribution in [2.24, 2.45) is 5.92 Å². The normalized spacial score (nSPS) is 16.1. The highest BCUT2D eigenvalue weighted by atomic mass is 32.2. The number of nitriles is 1. The van der Waals surface area contributed by atoms with E-state index in [0.717, 1.165) is 36.6 Å². The molecule has 1 aliphatic carbocycles. The molecular formula is C22H23N4O4S2+. The van der Waals surface area contributed by atoms with Gasteiger partial charge in [0.2, 0.25) is 11.6 Å². The second kappa shape index (κ2) is 9.22. The number of aromatic amines is 1. The standard InChI is InChI=1S/C22H22N4O4S2/c1-12-4-9-16-17(11-23)20(32-18(16)10-12)24-19(27)13(2)31-21-22(28)30-25-26(21)14-5-7-15(29-3)8-6-14/h5-8,12-13H,4,9-10H2,1-3H3,(H-,24,25,27,28)/p+1. The SMILES string of the molecule is COc1ccc(-[n+]2[nH]oc(=O)c2SC(C)C(=O)Nc2sc3c(c2C#N)CCC(C)C3)cc1. The van der Waals surface area contributed by atoms with Crippen molar-refractivity contribution in [1.29, 1.82) is 5.26 Å². The highest BCUT2D eigenvalue weighted by molar-refractivity contribution is 8.00. The van der Waals surface area contributed by atoms with E-state index in [1.54, 1.807) is 38.3 Å². The zero-order chi connectivity index (χ0) is 22.8. The van der Waals surface area contributed by atoms with Crippen molar-refractivity contribution in [1.82, 2.24) is 5.27 Å². The third-order valence-corrected chi connectivity index (χ3v) is 7.77. The van der Waals surface area contributed by atoms with E-state index < -0.39 is 10.9 Å². The van der Waals surface area contributed by atoms with Crippen LogP contribution >= 0.6 is 23.1 Å². The number of hydrogen-bond acceptors (Lipinski definition) is 7. The van der Waals surface area contributed by atoms with E-state index in [0.29, 0.717) is 27.9 Å². The van der Waals surface area contributed by atoms with Crippen molar-refractivity contribution in [3.05, 3.63) is 50.7 Å². The van der Waals surface area contributed by atoms with Crippen molar-refractivity contribution in [3.63, 3.8) is 0 Å². The predicted octanol–water partition coefficient (Wildman–Crippen LogP) is 3.43. The van der Waals surface area contributed by atoms with Crippen molar-refractivity contribution >= 4 is 34.0 Å². The van der Waals surface area contributed by atoms with E-state index in [1.807, 2.05) is 0 Å². The molecule has 0 bridgehead atoms. The third kappa shape index (κ3) is 4.31. The summed E-state index contributed by atoms with van der Waals surface area (Å²) in [5.41, 5.74) is 1.73. The number of ether oxygens (including phenoxy) is 1. The number of fused-ring (bicyclic) bond motifs is 1. The molecule has 2 aromatic heterocycles. The number of methoxy groups -OCH3 is 1. The van der Waals surface area contributed by atoms with Crippen molar-refractivity contribution in [3.8, 4) is 17.5 Å². The Kier molecular flexibility index (Phi) is 6.39. The minimum Gasteiger partial charge on any atom is -0.497 e. The summed E-state index contributed by atoms with van der Waals surface area (Å²) in [4.78, 5) is 26.4. The Balaban J connectivity index is 1.53. The highest BCUT2D eigenvalue weighted by Crippen LogP contribution is 2.39. The van der Waals surface area contributed by atoms with Gasteiger partial charge in [0.05, 0.1) is 17.9 Å². The summed E-state index contributed by atoms with van der Waals surface area (Å²) in [5, 5.41) is 15.4. The van der Waals surface area contributed by atoms with Gasteiger partial charge in [0.15, 0.2) is 0 Å². The molecule has 0 saturated carbocycles. The molecule has 4 rings (SSSR count). The Hall–Kier alpha value is -3.03. The molecule has 3 aromatic rings. The second-order valence-electron chi connectivity index (χ2n) is 7.74. The number of thiophene rings is 1. The average molecular weight is 472 g/mol. The fraction of sp³-hybridized carbons (Fsp3) is 0.364. The minimum atomic E-state index is -0.595. The van der Waals surface area contributed by atoms with Gasteiger partial charge in [-0.1, -0.05) is 6.92 Å². The topological polar surface area (TPSA) is 112 Å². The fourth-order valence-electron chi connectivity index (χ4n) is 3.66. The van der Waals surface area contributed by atoms with Crippen molar-refractivity contribution in [2.75, 3.05) is 12.4 Å². The molecule has 10 heteroatoms. The molecule has 0 fully saturated rings. The minimum absolute atomic E-state index is 0.248. The number of carbonyl (C=O) groups excluding carboxylic acids is 1. The summed E-state index contributed by atoms with van der Waals surface area (Å²) in [6.07, 6.45) is 2.84. The lowest BCUT2D eigenvalue weighted by Crippen LogP contribution is -2.37. The third-order valence-electron chi connectivity index (χ3n) is 5.46. The lowest BCUT2D eigenvalue weighted by Gasteiger charge is -2.17. The first-order valence-corrected chi connectivity index (χ1v) is 11.9. The van der Waals surface area contributed by atoms with Crippen molar-refractivity contribution in [2.45, 2.75) is 43.4 Å². The van der Waals surface area contributed by atoms with E-state index in [2.05, 4.69) is 23.6 Å². The summed E-state index contributed by atoms with van der Waals surface area (Å²) in [5.74, 6) is 0.982. The van der Waals surface area contributed by atoms with Crippen LogP contribution in [0, 0.1) is 17.2 Å². The molecule has 0 aliphatic heterocycles. The number of thioether (sulfide) groups is 1. The summed E-state index contributed by atoms with van der Waals surface area (Å²) >= 11 is 2.57. The van der Waals surface area contributed by atoms with Crippen molar-refractivity contribution < 1.29 is 18.7 Å². The first-order valence-electron chi connectivity index (χ1n) is 10.2. The molecular weight excluding hydrogens is 448 g/mol. The van der Waals surface area contributed by atoms with Crippen LogP contribution in [0.25, 0.3) is 5.69 Å². The summed E-state index contributed by atoms with van der Waals surface area (Å²) in [6, 6.07) is 9.34. The number of aromatic nitrogens is 2. The van der Waals surface area contributed by atoms with Crippen LogP contribution in [0.15, 0.2) is 38.6 Å². The summed E-state index contributed by atoms with van der Waals surface area (Å²) < 4.78 is 11.6. The maximum Gasteiger partial charge on any atom is 0.442 e. The van der Waals surface area contributed by atoms with Crippen LogP contribution in [0.3, 0.4) is 0 Å². The predicted molar refractivity (Wildman–Crippen MR) is 122 cm³/mol. The maximum absolute atomic E-state index is 12.9. The molecule has 0 spiro atoms. The molecule has 2 heterocycles. The van der Waals surface area contributed by atoms with Crippen LogP contribution in [0.4, 0.5) is 5.00 Å². The Morgan fingerprint density at radius 1 is 1.44 bits per heavy atom. The van der Waals surface area contributed by atoms with Gasteiger partial charge in [-0.15, -0.1) is 11.3 Å². The first kappa shape index (κ1) is 22.2. The number of nitrogens with one attached hydrogen (secondary N) is 2. The number of rotatable bonds is 6. The largest absolute Gasteiger partial charge is 0.497 e. The van der Waals surface area contributed by atoms with Gasteiger partial charge >= 0.3 is 10.7 Å². The van der Waals surface area contributed by atoms with Gasteiger partial charge in [0.25, 0.3) is 0 Å². The van der Waals surface area contributed by atoms with Gasteiger partial charge < -0.3 is 10.1 Å². The van der Waals surface area contributed by atoms with Gasteiger partial charge in [0.1, 0.15) is 16.8 Å². The number of nitrogens with zero attached hydrogens (tertiary/aromatic N) is 2. The summed E-state index contributed by atoms with van der Waals surface area (Å²) in [7, 11) is 1.58. The number of anilines is 1. The zero-order valence-corrected chi connectivity index (χ0v) is 19.6. The van der Waals surface area contributed by atoms with Gasteiger partial charge in [-0.3, -0.25) is 9.32 Å². The lowest BCUT2D eigenvalue weighted by molar-refractivity contribution is -0.704. The number of hydrogen-bond donors (Lipinski definition) is 2. The fourth-order valence-corrected chi connectivity index (χ4v) is 5.91. The quantitative estimate of drug-likeness (QED) is 0.421. The Bertz CT molecular complexity index is 1240. The lowest BCUT2D eigenvalue weighted by atomic mass is 9.89. The monoisotopic (exact) mass is 471 g/mol. The van der Waals surface area contributed by atoms with Crippen LogP contribution < -0.4 is 20.4 Å². The van der Waals surface area contributed by atoms with E-state index in [9.17, 15) is 14.9 Å². The highest BCUT2D eigenvalue weighted by Gasteiger charge is 2.30. The molecule has 2 N–H and O–H groups in total. The van der Waals surface area contributed by atoms with Gasteiger partial charge in [-0.25, -0.2) is 4.79 Å².